The largest absolute Gasteiger partial charge is 0.324 e. The minimum absolute atomic E-state index is 0.0681. The third-order valence-electron chi connectivity index (χ3n) is 5.09. The van der Waals surface area contributed by atoms with Crippen LogP contribution in [0.2, 0.25) is 0 Å². The van der Waals surface area contributed by atoms with E-state index in [0.717, 1.165) is 4.88 Å². The van der Waals surface area contributed by atoms with Crippen LogP contribution >= 0.6 is 23.6 Å². The molecule has 2 aromatic heterocycles. The van der Waals surface area contributed by atoms with Crippen LogP contribution < -0.4 is 9.62 Å². The van der Waals surface area contributed by atoms with E-state index in [1.807, 2.05) is 23.6 Å². The summed E-state index contributed by atoms with van der Waals surface area (Å²) < 4.78 is 29.4. The summed E-state index contributed by atoms with van der Waals surface area (Å²) in [5.74, 6) is 0.217. The molecule has 0 saturated heterocycles. The first kappa shape index (κ1) is 22.9. The van der Waals surface area contributed by atoms with Gasteiger partial charge in [-0.25, -0.2) is 8.42 Å². The normalized spacial score (nSPS) is 12.3. The van der Waals surface area contributed by atoms with Gasteiger partial charge in [-0.3, -0.25) is 18.8 Å². The van der Waals surface area contributed by atoms with Gasteiger partial charge in [0.1, 0.15) is 6.04 Å². The van der Waals surface area contributed by atoms with E-state index < -0.39 is 16.1 Å². The van der Waals surface area contributed by atoms with Gasteiger partial charge in [0.2, 0.25) is 5.91 Å². The summed E-state index contributed by atoms with van der Waals surface area (Å²) in [5, 5.41) is 11.7. The number of anilines is 2. The predicted molar refractivity (Wildman–Crippen MR) is 133 cm³/mol. The van der Waals surface area contributed by atoms with E-state index in [-0.39, 0.29) is 10.8 Å². The lowest BCUT2D eigenvalue weighted by Crippen LogP contribution is -2.27. The molecule has 0 aliphatic rings. The molecule has 8 nitrogen and oxygen atoms in total. The summed E-state index contributed by atoms with van der Waals surface area (Å²) in [6, 6.07) is 18.1. The Kier molecular flexibility index (Phi) is 6.45. The first-order chi connectivity index (χ1) is 15.8. The van der Waals surface area contributed by atoms with Gasteiger partial charge in [0.25, 0.3) is 10.0 Å². The number of hydrogen-bond acceptors (Lipinski definition) is 6. The molecule has 11 heteroatoms. The molecule has 0 saturated carbocycles. The van der Waals surface area contributed by atoms with Crippen molar-refractivity contribution in [2.24, 2.45) is 0 Å². The van der Waals surface area contributed by atoms with Gasteiger partial charge in [-0.1, -0.05) is 30.3 Å². The topological polar surface area (TPSA) is 100 Å². The molecule has 170 valence electrons. The third-order valence-corrected chi connectivity index (χ3v) is 8.03. The zero-order valence-corrected chi connectivity index (χ0v) is 20.2. The molecule has 0 spiro atoms. The smallest absolute Gasteiger partial charge is 0.264 e. The fraction of sp³-hybridized carbons (Fsp3) is 0.136. The van der Waals surface area contributed by atoms with Gasteiger partial charge in [-0.15, -0.1) is 11.3 Å². The van der Waals surface area contributed by atoms with E-state index in [1.54, 1.807) is 47.9 Å². The molecule has 2 heterocycles. The van der Waals surface area contributed by atoms with Crippen LogP contribution in [0.3, 0.4) is 0 Å². The second-order valence-electron chi connectivity index (χ2n) is 7.20. The van der Waals surface area contributed by atoms with Gasteiger partial charge in [0.15, 0.2) is 10.6 Å². The number of amides is 1. The van der Waals surface area contributed by atoms with Crippen LogP contribution in [0.5, 0.6) is 0 Å². The lowest BCUT2D eigenvalue weighted by Gasteiger charge is -2.20. The van der Waals surface area contributed by atoms with Crippen molar-refractivity contribution in [3.05, 3.63) is 76.9 Å². The van der Waals surface area contributed by atoms with E-state index in [1.165, 1.54) is 34.8 Å². The van der Waals surface area contributed by atoms with Crippen LogP contribution in [0.4, 0.5) is 11.4 Å². The minimum atomic E-state index is -3.81. The number of nitrogens with zero attached hydrogens (tertiary/aromatic N) is 3. The standard InChI is InChI=1S/C22H21N5O3S3/c1-15(27-20(24-25-22(27)31)19-12-7-13-32-19)21(28)23-16-8-6-11-18(14-16)33(29,30)26(2)17-9-4-3-5-10-17/h3-15H,1-2H3,(H,23,28)(H,25,31). The monoisotopic (exact) mass is 499 g/mol. The third kappa shape index (κ3) is 4.61. The quantitative estimate of drug-likeness (QED) is 0.359. The molecule has 0 bridgehead atoms. The Bertz CT molecular complexity index is 1430. The number of carbonyl (C=O) groups is 1. The maximum Gasteiger partial charge on any atom is 0.264 e. The molecule has 2 aromatic carbocycles. The van der Waals surface area contributed by atoms with Crippen molar-refractivity contribution < 1.29 is 13.2 Å². The summed E-state index contributed by atoms with van der Waals surface area (Å²) in [6.07, 6.45) is 0. The Morgan fingerprint density at radius 3 is 2.61 bits per heavy atom. The Morgan fingerprint density at radius 2 is 1.91 bits per heavy atom. The number of benzene rings is 2. The highest BCUT2D eigenvalue weighted by molar-refractivity contribution is 7.92. The number of nitrogens with one attached hydrogen (secondary N) is 2. The molecule has 1 atom stereocenters. The highest BCUT2D eigenvalue weighted by atomic mass is 32.2. The Labute approximate surface area is 200 Å². The lowest BCUT2D eigenvalue weighted by atomic mass is 10.2. The van der Waals surface area contributed by atoms with Crippen molar-refractivity contribution in [2.75, 3.05) is 16.7 Å². The van der Waals surface area contributed by atoms with Gasteiger partial charge in [-0.05, 0) is 60.9 Å². The molecular weight excluding hydrogens is 478 g/mol. The molecular formula is C22H21N5O3S3. The number of carbonyl (C=O) groups excluding carboxylic acids is 1. The Balaban J connectivity index is 1.58. The zero-order valence-electron chi connectivity index (χ0n) is 17.8. The average molecular weight is 500 g/mol. The van der Waals surface area contributed by atoms with Crippen molar-refractivity contribution in [3.8, 4) is 10.7 Å². The maximum atomic E-state index is 13.1. The fourth-order valence-electron chi connectivity index (χ4n) is 3.28. The first-order valence-corrected chi connectivity index (χ1v) is 12.7. The average Bonchev–Trinajstić information content (AvgIpc) is 3.48. The van der Waals surface area contributed by atoms with Gasteiger partial charge >= 0.3 is 0 Å². The second-order valence-corrected chi connectivity index (χ2v) is 10.5. The summed E-state index contributed by atoms with van der Waals surface area (Å²) >= 11 is 6.83. The highest BCUT2D eigenvalue weighted by Gasteiger charge is 2.24. The number of H-pyrrole nitrogens is 1. The van der Waals surface area contributed by atoms with Crippen molar-refractivity contribution in [2.45, 2.75) is 17.9 Å². The van der Waals surface area contributed by atoms with Gasteiger partial charge < -0.3 is 5.32 Å². The van der Waals surface area contributed by atoms with Crippen LogP contribution in [0, 0.1) is 4.77 Å². The van der Waals surface area contributed by atoms with Gasteiger partial charge in [0.05, 0.1) is 15.5 Å². The van der Waals surface area contributed by atoms with Gasteiger partial charge in [-0.2, -0.15) is 5.10 Å². The van der Waals surface area contributed by atoms with E-state index in [0.29, 0.717) is 22.0 Å². The number of para-hydroxylation sites is 1. The van der Waals surface area contributed by atoms with Crippen molar-refractivity contribution in [1.29, 1.82) is 0 Å². The number of sulfonamides is 1. The van der Waals surface area contributed by atoms with E-state index >= 15 is 0 Å². The van der Waals surface area contributed by atoms with Crippen LogP contribution in [0.15, 0.2) is 77.0 Å². The maximum absolute atomic E-state index is 13.1. The second kappa shape index (κ2) is 9.30. The van der Waals surface area contributed by atoms with Crippen LogP contribution in [-0.2, 0) is 14.8 Å². The number of thiophene rings is 1. The highest BCUT2D eigenvalue weighted by Crippen LogP contribution is 2.27. The summed E-state index contributed by atoms with van der Waals surface area (Å²) in [6.45, 7) is 1.71. The fourth-order valence-corrected chi connectivity index (χ4v) is 5.52. The number of aromatic amines is 1. The molecule has 0 fully saturated rings. The molecule has 0 aliphatic carbocycles. The SMILES string of the molecule is CC(C(=O)Nc1cccc(S(=O)(=O)N(C)c2ccccc2)c1)n1c(-c2cccs2)n[nH]c1=S. The summed E-state index contributed by atoms with van der Waals surface area (Å²) in [7, 11) is -2.32. The molecule has 4 aromatic rings. The molecule has 1 unspecified atom stereocenters. The molecule has 4 rings (SSSR count). The molecule has 0 radical (unpaired) electrons. The molecule has 1 amide bonds. The first-order valence-electron chi connectivity index (χ1n) is 9.94. The van der Waals surface area contributed by atoms with Crippen LogP contribution in [-0.4, -0.2) is 36.1 Å². The van der Waals surface area contributed by atoms with E-state index in [9.17, 15) is 13.2 Å². The van der Waals surface area contributed by atoms with Crippen molar-refractivity contribution >= 4 is 50.9 Å². The van der Waals surface area contributed by atoms with E-state index in [2.05, 4.69) is 15.5 Å². The minimum Gasteiger partial charge on any atom is -0.324 e. The lowest BCUT2D eigenvalue weighted by molar-refractivity contribution is -0.118. The van der Waals surface area contributed by atoms with Crippen molar-refractivity contribution in [1.82, 2.24) is 14.8 Å². The summed E-state index contributed by atoms with van der Waals surface area (Å²) in [4.78, 5) is 14.0. The number of hydrogen-bond donors (Lipinski definition) is 2. The van der Waals surface area contributed by atoms with E-state index in [4.69, 9.17) is 12.2 Å². The zero-order chi connectivity index (χ0) is 23.6. The Morgan fingerprint density at radius 1 is 1.15 bits per heavy atom. The van der Waals surface area contributed by atoms with Crippen molar-refractivity contribution in [3.63, 3.8) is 0 Å². The Hall–Kier alpha value is -3.28. The molecule has 0 aliphatic heterocycles. The molecule has 33 heavy (non-hydrogen) atoms. The number of rotatable bonds is 7. The van der Waals surface area contributed by atoms with Crippen LogP contribution in [0.25, 0.3) is 10.7 Å². The van der Waals surface area contributed by atoms with Crippen LogP contribution in [0.1, 0.15) is 13.0 Å². The van der Waals surface area contributed by atoms with Gasteiger partial charge in [0, 0.05) is 12.7 Å². The predicted octanol–water partition coefficient (Wildman–Crippen LogP) is 4.69. The summed E-state index contributed by atoms with van der Waals surface area (Å²) in [5.41, 5.74) is 0.901. The number of aromatic nitrogens is 3. The molecule has 2 N–H and O–H groups in total.